The Bertz CT molecular complexity index is 664. The number of aliphatic carboxylic acids is 1. The van der Waals surface area contributed by atoms with Gasteiger partial charge in [-0.1, -0.05) is 12.1 Å². The lowest BCUT2D eigenvalue weighted by Crippen LogP contribution is -2.40. The molecule has 1 atom stereocenters. The normalized spacial score (nSPS) is 20.2. The van der Waals surface area contributed by atoms with Gasteiger partial charge in [-0.3, -0.25) is 9.59 Å². The number of carboxylic acids is 1. The minimum atomic E-state index is -4.44. The fourth-order valence-corrected chi connectivity index (χ4v) is 2.91. The molecule has 1 unspecified atom stereocenters. The van der Waals surface area contributed by atoms with Crippen molar-refractivity contribution in [3.8, 4) is 5.75 Å². The second kappa shape index (κ2) is 7.94. The van der Waals surface area contributed by atoms with Crippen molar-refractivity contribution < 1.29 is 37.3 Å². The third-order valence-corrected chi connectivity index (χ3v) is 4.24. The number of methoxy groups -OCH3 is 1. The lowest BCUT2D eigenvalue weighted by Gasteiger charge is -2.23. The van der Waals surface area contributed by atoms with E-state index in [-0.39, 0.29) is 37.6 Å². The van der Waals surface area contributed by atoms with Gasteiger partial charge < -0.3 is 19.5 Å². The second-order valence-corrected chi connectivity index (χ2v) is 6.31. The number of amides is 1. The number of benzene rings is 1. The van der Waals surface area contributed by atoms with Gasteiger partial charge in [0.1, 0.15) is 11.2 Å². The molecule has 0 spiro atoms. The Balaban J connectivity index is 1.99. The minimum absolute atomic E-state index is 0.00683. The van der Waals surface area contributed by atoms with E-state index in [1.54, 1.807) is 6.07 Å². The number of carbonyl (C=O) groups is 2. The average molecular weight is 375 g/mol. The van der Waals surface area contributed by atoms with E-state index < -0.39 is 24.2 Å². The highest BCUT2D eigenvalue weighted by molar-refractivity contribution is 5.82. The molecule has 1 heterocycles. The molecule has 1 aromatic carbocycles. The molecule has 1 aliphatic rings. The molecule has 1 aliphatic heterocycles. The molecule has 1 N–H and O–H groups in total. The molecule has 0 radical (unpaired) electrons. The van der Waals surface area contributed by atoms with Crippen LogP contribution in [0.25, 0.3) is 0 Å². The third-order valence-electron chi connectivity index (χ3n) is 4.24. The van der Waals surface area contributed by atoms with Gasteiger partial charge in [0.15, 0.2) is 6.61 Å². The number of ether oxygens (including phenoxy) is 2. The Morgan fingerprint density at radius 3 is 2.69 bits per heavy atom. The summed E-state index contributed by atoms with van der Waals surface area (Å²) in [4.78, 5) is 25.4. The lowest BCUT2D eigenvalue weighted by atomic mass is 9.88. The molecule has 0 bridgehead atoms. The van der Waals surface area contributed by atoms with Crippen LogP contribution in [0.5, 0.6) is 5.75 Å². The van der Waals surface area contributed by atoms with Gasteiger partial charge in [-0.05, 0) is 24.1 Å². The summed E-state index contributed by atoms with van der Waals surface area (Å²) in [7, 11) is 1.40. The van der Waals surface area contributed by atoms with Crippen LogP contribution in [0.4, 0.5) is 13.2 Å². The van der Waals surface area contributed by atoms with Crippen LogP contribution in [-0.4, -0.2) is 61.5 Å². The number of rotatable bonds is 7. The molecule has 1 fully saturated rings. The number of hydrogen-bond acceptors (Lipinski definition) is 4. The van der Waals surface area contributed by atoms with Crippen LogP contribution in [-0.2, 0) is 20.7 Å². The van der Waals surface area contributed by atoms with Gasteiger partial charge >= 0.3 is 12.1 Å². The van der Waals surface area contributed by atoms with Crippen LogP contribution < -0.4 is 4.74 Å². The van der Waals surface area contributed by atoms with Crippen molar-refractivity contribution in [3.05, 3.63) is 29.8 Å². The van der Waals surface area contributed by atoms with Crippen molar-refractivity contribution in [2.75, 3.05) is 33.4 Å². The SMILES string of the molecule is COCC1(C(=O)O)CCN(C(=O)Cc2cccc(OCC(F)(F)F)c2)C1. The molecule has 6 nitrogen and oxygen atoms in total. The zero-order valence-electron chi connectivity index (χ0n) is 14.2. The highest BCUT2D eigenvalue weighted by Crippen LogP contribution is 2.31. The number of likely N-dealkylation sites (tertiary alicyclic amines) is 1. The zero-order valence-corrected chi connectivity index (χ0v) is 14.2. The van der Waals surface area contributed by atoms with E-state index in [1.807, 2.05) is 0 Å². The Kier molecular flexibility index (Phi) is 6.12. The number of nitrogens with zero attached hydrogens (tertiary/aromatic N) is 1. The number of carbonyl (C=O) groups excluding carboxylic acids is 1. The Morgan fingerprint density at radius 1 is 1.35 bits per heavy atom. The van der Waals surface area contributed by atoms with Gasteiger partial charge in [0.25, 0.3) is 0 Å². The highest BCUT2D eigenvalue weighted by atomic mass is 19.4. The van der Waals surface area contributed by atoms with E-state index in [0.717, 1.165) is 0 Å². The van der Waals surface area contributed by atoms with E-state index >= 15 is 0 Å². The van der Waals surface area contributed by atoms with Crippen molar-refractivity contribution in [2.45, 2.75) is 19.0 Å². The van der Waals surface area contributed by atoms with Gasteiger partial charge in [0.2, 0.25) is 5.91 Å². The lowest BCUT2D eigenvalue weighted by molar-refractivity contribution is -0.153. The van der Waals surface area contributed by atoms with Crippen LogP contribution in [0, 0.1) is 5.41 Å². The number of carboxylic acid groups (broad SMARTS) is 1. The fraction of sp³-hybridized carbons (Fsp3) is 0.529. The van der Waals surface area contributed by atoms with Gasteiger partial charge in [0, 0.05) is 20.2 Å². The van der Waals surface area contributed by atoms with Gasteiger partial charge in [-0.25, -0.2) is 0 Å². The minimum Gasteiger partial charge on any atom is -0.484 e. The first-order valence-electron chi connectivity index (χ1n) is 7.94. The molecular weight excluding hydrogens is 355 g/mol. The highest BCUT2D eigenvalue weighted by Gasteiger charge is 2.46. The topological polar surface area (TPSA) is 76.1 Å². The van der Waals surface area contributed by atoms with Crippen molar-refractivity contribution in [1.82, 2.24) is 4.90 Å². The van der Waals surface area contributed by atoms with Gasteiger partial charge in [-0.15, -0.1) is 0 Å². The first kappa shape index (κ1) is 20.0. The largest absolute Gasteiger partial charge is 0.484 e. The standard InChI is InChI=1S/C17H20F3NO5/c1-25-10-16(15(23)24)5-6-21(9-16)14(22)8-12-3-2-4-13(7-12)26-11-17(18,19)20/h2-4,7H,5-6,8-11H2,1H3,(H,23,24). The molecular formula is C17H20F3NO5. The van der Waals surface area contributed by atoms with Crippen molar-refractivity contribution in [2.24, 2.45) is 5.41 Å². The average Bonchev–Trinajstić information content (AvgIpc) is 2.99. The monoisotopic (exact) mass is 375 g/mol. The molecule has 1 saturated heterocycles. The number of hydrogen-bond donors (Lipinski definition) is 1. The Morgan fingerprint density at radius 2 is 2.08 bits per heavy atom. The quantitative estimate of drug-likeness (QED) is 0.790. The Labute approximate surface area is 148 Å². The van der Waals surface area contributed by atoms with Gasteiger partial charge in [-0.2, -0.15) is 13.2 Å². The number of alkyl halides is 3. The summed E-state index contributed by atoms with van der Waals surface area (Å²) in [6.45, 7) is -1.07. The molecule has 1 aromatic rings. The molecule has 0 saturated carbocycles. The van der Waals surface area contributed by atoms with Gasteiger partial charge in [0.05, 0.1) is 13.0 Å². The first-order valence-corrected chi connectivity index (χ1v) is 7.94. The number of halogens is 3. The van der Waals surface area contributed by atoms with E-state index in [9.17, 15) is 27.9 Å². The van der Waals surface area contributed by atoms with E-state index in [1.165, 1.54) is 30.2 Å². The molecule has 9 heteroatoms. The summed E-state index contributed by atoms with van der Waals surface area (Å²) in [6.07, 6.45) is -4.20. The molecule has 26 heavy (non-hydrogen) atoms. The summed E-state index contributed by atoms with van der Waals surface area (Å²) in [5, 5.41) is 9.42. The molecule has 2 rings (SSSR count). The van der Waals surface area contributed by atoms with Crippen molar-refractivity contribution >= 4 is 11.9 Å². The predicted molar refractivity (Wildman–Crippen MR) is 84.8 cm³/mol. The molecule has 144 valence electrons. The maximum Gasteiger partial charge on any atom is 0.422 e. The molecule has 0 aliphatic carbocycles. The van der Waals surface area contributed by atoms with E-state index in [4.69, 9.17) is 4.74 Å². The summed E-state index contributed by atoms with van der Waals surface area (Å²) in [5.41, 5.74) is -0.628. The van der Waals surface area contributed by atoms with E-state index in [0.29, 0.717) is 12.1 Å². The van der Waals surface area contributed by atoms with Crippen LogP contribution in [0.1, 0.15) is 12.0 Å². The summed E-state index contributed by atoms with van der Waals surface area (Å²) in [5.74, 6) is -1.29. The summed E-state index contributed by atoms with van der Waals surface area (Å²) < 4.78 is 46.3. The van der Waals surface area contributed by atoms with Crippen LogP contribution >= 0.6 is 0 Å². The maximum atomic E-state index is 12.4. The molecule has 1 amide bonds. The molecule has 0 aromatic heterocycles. The smallest absolute Gasteiger partial charge is 0.422 e. The first-order chi connectivity index (χ1) is 12.1. The van der Waals surface area contributed by atoms with Crippen LogP contribution in [0.3, 0.4) is 0 Å². The van der Waals surface area contributed by atoms with Crippen LogP contribution in [0.2, 0.25) is 0 Å². The van der Waals surface area contributed by atoms with Crippen molar-refractivity contribution in [1.29, 1.82) is 0 Å². The predicted octanol–water partition coefficient (Wildman–Crippen LogP) is 2.12. The fourth-order valence-electron chi connectivity index (χ4n) is 2.91. The second-order valence-electron chi connectivity index (χ2n) is 6.31. The third kappa shape index (κ3) is 5.10. The summed E-state index contributed by atoms with van der Waals surface area (Å²) in [6, 6.07) is 5.86. The van der Waals surface area contributed by atoms with E-state index in [2.05, 4.69) is 4.74 Å². The Hall–Kier alpha value is -2.29. The van der Waals surface area contributed by atoms with Crippen LogP contribution in [0.15, 0.2) is 24.3 Å². The zero-order chi connectivity index (χ0) is 19.4. The summed E-state index contributed by atoms with van der Waals surface area (Å²) >= 11 is 0. The maximum absolute atomic E-state index is 12.4. The van der Waals surface area contributed by atoms with Crippen molar-refractivity contribution in [3.63, 3.8) is 0 Å².